The number of benzene rings is 3. The van der Waals surface area contributed by atoms with Crippen molar-refractivity contribution in [2.24, 2.45) is 0 Å². The summed E-state index contributed by atoms with van der Waals surface area (Å²) in [5, 5.41) is 12.2. The number of ether oxygens (including phenoxy) is 2. The molecule has 0 fully saturated rings. The van der Waals surface area contributed by atoms with E-state index in [1.165, 1.54) is 12.3 Å². The molecule has 0 saturated heterocycles. The smallest absolute Gasteiger partial charge is 0.493 e. The summed E-state index contributed by atoms with van der Waals surface area (Å²) in [4.78, 5) is 18.2. The minimum Gasteiger partial charge on any atom is -0.493 e. The molecule has 35 heavy (non-hydrogen) atoms. The van der Waals surface area contributed by atoms with Crippen molar-refractivity contribution < 1.29 is 23.8 Å². The summed E-state index contributed by atoms with van der Waals surface area (Å²) in [5.41, 5.74) is 3.64. The number of aryl methyl sites for hydroxylation is 2. The summed E-state index contributed by atoms with van der Waals surface area (Å²) >= 11 is 0. The van der Waals surface area contributed by atoms with Gasteiger partial charge in [0.25, 0.3) is 0 Å². The zero-order valence-corrected chi connectivity index (χ0v) is 19.0. The molecule has 0 atom stereocenters. The highest BCUT2D eigenvalue weighted by Crippen LogP contribution is 2.37. The van der Waals surface area contributed by atoms with E-state index in [0.29, 0.717) is 30.5 Å². The third kappa shape index (κ3) is 4.53. The van der Waals surface area contributed by atoms with Gasteiger partial charge in [-0.15, -0.1) is 0 Å². The highest BCUT2D eigenvalue weighted by atomic mass is 19.1. The van der Waals surface area contributed by atoms with E-state index in [-0.39, 0.29) is 5.88 Å². The van der Waals surface area contributed by atoms with Crippen molar-refractivity contribution in [1.29, 1.82) is 0 Å². The maximum atomic E-state index is 13.9. The Hall–Kier alpha value is -4.39. The molecule has 0 aliphatic rings. The summed E-state index contributed by atoms with van der Waals surface area (Å²) < 4.78 is 25.0. The molecule has 0 radical (unpaired) electrons. The van der Waals surface area contributed by atoms with E-state index in [1.807, 2.05) is 67.6 Å². The van der Waals surface area contributed by atoms with Crippen LogP contribution < -0.4 is 9.47 Å². The molecule has 0 saturated carbocycles. The van der Waals surface area contributed by atoms with Crippen LogP contribution in [-0.2, 0) is 6.42 Å². The highest BCUT2D eigenvalue weighted by molar-refractivity contribution is 5.98. The number of aromatic amines is 1. The molecule has 0 spiro atoms. The van der Waals surface area contributed by atoms with Gasteiger partial charge in [-0.05, 0) is 42.3 Å². The topological polar surface area (TPSA) is 84.4 Å². The Bertz CT molecular complexity index is 1540. The largest absolute Gasteiger partial charge is 0.512 e. The lowest BCUT2D eigenvalue weighted by Gasteiger charge is -2.10. The number of pyridine rings is 1. The lowest BCUT2D eigenvalue weighted by atomic mass is 9.98. The van der Waals surface area contributed by atoms with Crippen LogP contribution in [0.4, 0.5) is 9.18 Å². The van der Waals surface area contributed by atoms with Gasteiger partial charge in [0, 0.05) is 34.2 Å². The second-order valence-electron chi connectivity index (χ2n) is 8.28. The average molecular weight is 471 g/mol. The standard InChI is InChI=1S/C28H23FN2O4/c1-17-16-30-25(29)15-23(17)21-11-5-10-20-22(27(31-26(20)21)35-28(32)33)12-6-14-34-24-13-4-8-18-7-2-3-9-19(18)24/h2-5,7-11,13,15-16,31H,6,12,14H2,1H3,(H,32,33). The normalized spacial score (nSPS) is 11.1. The summed E-state index contributed by atoms with van der Waals surface area (Å²) in [5.74, 6) is 0.390. The number of H-pyrrole nitrogens is 1. The molecule has 3 aromatic carbocycles. The molecule has 0 bridgehead atoms. The first-order chi connectivity index (χ1) is 17.0. The summed E-state index contributed by atoms with van der Waals surface area (Å²) in [7, 11) is 0. The number of halogens is 1. The summed E-state index contributed by atoms with van der Waals surface area (Å²) in [6, 6.07) is 21.0. The second-order valence-corrected chi connectivity index (χ2v) is 8.28. The molecule has 5 rings (SSSR count). The Morgan fingerprint density at radius 1 is 1.03 bits per heavy atom. The Labute approximate surface area is 201 Å². The number of hydrogen-bond donors (Lipinski definition) is 2. The van der Waals surface area contributed by atoms with Crippen LogP contribution in [0.1, 0.15) is 17.5 Å². The van der Waals surface area contributed by atoms with Crippen LogP contribution in [0.3, 0.4) is 0 Å². The van der Waals surface area contributed by atoms with Crippen LogP contribution in [-0.4, -0.2) is 27.8 Å². The van der Waals surface area contributed by atoms with Crippen molar-refractivity contribution in [1.82, 2.24) is 9.97 Å². The maximum Gasteiger partial charge on any atom is 0.512 e. The molecular formula is C28H23FN2O4. The quantitative estimate of drug-likeness (QED) is 0.154. The van der Waals surface area contributed by atoms with Crippen LogP contribution in [0.15, 0.2) is 72.9 Å². The summed E-state index contributed by atoms with van der Waals surface area (Å²) in [6.07, 6.45) is 1.24. The van der Waals surface area contributed by atoms with Crippen LogP contribution in [0.2, 0.25) is 0 Å². The van der Waals surface area contributed by atoms with E-state index in [0.717, 1.165) is 38.6 Å². The molecule has 0 amide bonds. The molecule has 0 aliphatic carbocycles. The first-order valence-electron chi connectivity index (χ1n) is 11.3. The molecular weight excluding hydrogens is 447 g/mol. The van der Waals surface area contributed by atoms with Crippen LogP contribution in [0, 0.1) is 12.9 Å². The number of nitrogens with one attached hydrogen (secondary N) is 1. The average Bonchev–Trinajstić information content (AvgIpc) is 3.20. The highest BCUT2D eigenvalue weighted by Gasteiger charge is 2.19. The van der Waals surface area contributed by atoms with Crippen molar-refractivity contribution in [3.8, 4) is 22.8 Å². The fraction of sp³-hybridized carbons (Fsp3) is 0.143. The van der Waals surface area contributed by atoms with Gasteiger partial charge in [-0.25, -0.2) is 9.78 Å². The van der Waals surface area contributed by atoms with Gasteiger partial charge in [0.2, 0.25) is 11.8 Å². The fourth-order valence-corrected chi connectivity index (χ4v) is 4.44. The Kier molecular flexibility index (Phi) is 6.06. The number of aromatic nitrogens is 2. The van der Waals surface area contributed by atoms with Crippen molar-refractivity contribution >= 4 is 27.8 Å². The minimum atomic E-state index is -1.41. The number of carboxylic acid groups (broad SMARTS) is 1. The van der Waals surface area contributed by atoms with Gasteiger partial charge in [0.1, 0.15) is 5.75 Å². The Morgan fingerprint density at radius 2 is 1.80 bits per heavy atom. The SMILES string of the molecule is Cc1cnc(F)cc1-c1cccc2c(CCCOc3cccc4ccccc34)c(OC(=O)O)[nH]c12. The lowest BCUT2D eigenvalue weighted by Crippen LogP contribution is -2.06. The summed E-state index contributed by atoms with van der Waals surface area (Å²) in [6.45, 7) is 2.30. The number of rotatable bonds is 7. The fourth-order valence-electron chi connectivity index (χ4n) is 4.44. The number of fused-ring (bicyclic) bond motifs is 2. The van der Waals surface area contributed by atoms with Gasteiger partial charge in [-0.3, -0.25) is 0 Å². The predicted molar refractivity (Wildman–Crippen MR) is 133 cm³/mol. The Balaban J connectivity index is 1.43. The van der Waals surface area contributed by atoms with Gasteiger partial charge in [-0.1, -0.05) is 54.6 Å². The van der Waals surface area contributed by atoms with Gasteiger partial charge in [0.05, 0.1) is 12.1 Å². The number of nitrogens with zero attached hydrogens (tertiary/aromatic N) is 1. The predicted octanol–water partition coefficient (Wildman–Crippen LogP) is 6.90. The van der Waals surface area contributed by atoms with Crippen molar-refractivity contribution in [3.05, 3.63) is 90.0 Å². The van der Waals surface area contributed by atoms with Crippen molar-refractivity contribution in [3.63, 3.8) is 0 Å². The van der Waals surface area contributed by atoms with E-state index in [9.17, 15) is 14.3 Å². The van der Waals surface area contributed by atoms with Gasteiger partial charge in [-0.2, -0.15) is 4.39 Å². The van der Waals surface area contributed by atoms with Gasteiger partial charge < -0.3 is 19.6 Å². The molecule has 0 aliphatic heterocycles. The molecule has 5 aromatic rings. The van der Waals surface area contributed by atoms with Crippen molar-refractivity contribution in [2.45, 2.75) is 19.8 Å². The second kappa shape index (κ2) is 9.46. The van der Waals surface area contributed by atoms with Gasteiger partial charge in [0.15, 0.2) is 0 Å². The molecule has 0 unspecified atom stereocenters. The minimum absolute atomic E-state index is 0.164. The maximum absolute atomic E-state index is 13.9. The third-order valence-electron chi connectivity index (χ3n) is 6.03. The molecule has 2 heterocycles. The van der Waals surface area contributed by atoms with E-state index >= 15 is 0 Å². The number of para-hydroxylation sites is 1. The lowest BCUT2D eigenvalue weighted by molar-refractivity contribution is 0.142. The van der Waals surface area contributed by atoms with E-state index in [4.69, 9.17) is 9.47 Å². The zero-order chi connectivity index (χ0) is 24.4. The monoisotopic (exact) mass is 470 g/mol. The van der Waals surface area contributed by atoms with Crippen LogP contribution in [0.5, 0.6) is 11.6 Å². The first-order valence-corrected chi connectivity index (χ1v) is 11.3. The molecule has 2 aromatic heterocycles. The third-order valence-corrected chi connectivity index (χ3v) is 6.03. The zero-order valence-electron chi connectivity index (χ0n) is 19.0. The molecule has 2 N–H and O–H groups in total. The van der Waals surface area contributed by atoms with Crippen molar-refractivity contribution in [2.75, 3.05) is 6.61 Å². The van der Waals surface area contributed by atoms with Crippen LogP contribution >= 0.6 is 0 Å². The number of carbonyl (C=O) groups is 1. The number of hydrogen-bond acceptors (Lipinski definition) is 4. The first kappa shape index (κ1) is 22.4. The molecule has 176 valence electrons. The molecule has 6 nitrogen and oxygen atoms in total. The Morgan fingerprint density at radius 3 is 2.66 bits per heavy atom. The van der Waals surface area contributed by atoms with Gasteiger partial charge >= 0.3 is 6.16 Å². The van der Waals surface area contributed by atoms with E-state index in [2.05, 4.69) is 9.97 Å². The van der Waals surface area contributed by atoms with E-state index < -0.39 is 12.1 Å². The van der Waals surface area contributed by atoms with Crippen LogP contribution in [0.25, 0.3) is 32.8 Å². The van der Waals surface area contributed by atoms with E-state index in [1.54, 1.807) is 0 Å². The molecule has 7 heteroatoms.